The zero-order valence-electron chi connectivity index (χ0n) is 11.9. The molecule has 0 radical (unpaired) electrons. The SMILES string of the molecule is Cc1ccc(C(N)=NO)c(N(CC2CC2)CC2CC2)n1. The number of hydrogen-bond acceptors (Lipinski definition) is 4. The Balaban J connectivity index is 1.91. The molecule has 20 heavy (non-hydrogen) atoms. The molecule has 0 aliphatic heterocycles. The summed E-state index contributed by atoms with van der Waals surface area (Å²) in [5.74, 6) is 2.59. The summed E-state index contributed by atoms with van der Waals surface area (Å²) in [5, 5.41) is 12.1. The van der Waals surface area contributed by atoms with Gasteiger partial charge in [0.05, 0.1) is 5.56 Å². The number of aryl methyl sites for hydroxylation is 1. The first-order valence-corrected chi connectivity index (χ1v) is 7.38. The quantitative estimate of drug-likeness (QED) is 0.360. The fourth-order valence-electron chi connectivity index (χ4n) is 2.51. The van der Waals surface area contributed by atoms with Gasteiger partial charge in [0.2, 0.25) is 0 Å². The number of nitrogens with two attached hydrogens (primary N) is 1. The average molecular weight is 274 g/mol. The molecule has 0 atom stereocenters. The number of hydrogen-bond donors (Lipinski definition) is 2. The minimum Gasteiger partial charge on any atom is -0.409 e. The van der Waals surface area contributed by atoms with Gasteiger partial charge in [0.25, 0.3) is 0 Å². The van der Waals surface area contributed by atoms with Gasteiger partial charge in [0.1, 0.15) is 5.82 Å². The van der Waals surface area contributed by atoms with Crippen LogP contribution in [0.3, 0.4) is 0 Å². The monoisotopic (exact) mass is 274 g/mol. The van der Waals surface area contributed by atoms with Crippen LogP contribution < -0.4 is 10.6 Å². The van der Waals surface area contributed by atoms with Gasteiger partial charge >= 0.3 is 0 Å². The normalized spacial score (nSPS) is 19.1. The highest BCUT2D eigenvalue weighted by atomic mass is 16.4. The van der Waals surface area contributed by atoms with Crippen LogP contribution in [0.1, 0.15) is 36.9 Å². The fraction of sp³-hybridized carbons (Fsp3) is 0.600. The molecule has 0 spiro atoms. The average Bonchev–Trinajstić information content (AvgIpc) is 3.32. The maximum atomic E-state index is 8.97. The molecule has 3 rings (SSSR count). The van der Waals surface area contributed by atoms with E-state index in [1.165, 1.54) is 25.7 Å². The minimum atomic E-state index is 0.143. The van der Waals surface area contributed by atoms with Crippen LogP contribution in [0.4, 0.5) is 5.82 Å². The Morgan fingerprint density at radius 3 is 2.40 bits per heavy atom. The van der Waals surface area contributed by atoms with Gasteiger partial charge in [0.15, 0.2) is 5.84 Å². The highest BCUT2D eigenvalue weighted by Crippen LogP contribution is 2.36. The molecule has 0 amide bonds. The molecule has 5 heteroatoms. The maximum Gasteiger partial charge on any atom is 0.173 e. The molecule has 1 aromatic heterocycles. The highest BCUT2D eigenvalue weighted by molar-refractivity contribution is 6.01. The van der Waals surface area contributed by atoms with E-state index in [0.717, 1.165) is 42.0 Å². The van der Waals surface area contributed by atoms with Crippen molar-refractivity contribution in [3.05, 3.63) is 23.4 Å². The smallest absolute Gasteiger partial charge is 0.173 e. The lowest BCUT2D eigenvalue weighted by Gasteiger charge is -2.26. The van der Waals surface area contributed by atoms with Crippen LogP contribution >= 0.6 is 0 Å². The molecule has 5 nitrogen and oxygen atoms in total. The third-order valence-corrected chi connectivity index (χ3v) is 4.05. The minimum absolute atomic E-state index is 0.143. The first kappa shape index (κ1) is 13.2. The number of aromatic nitrogens is 1. The van der Waals surface area contributed by atoms with Crippen molar-refractivity contribution < 1.29 is 5.21 Å². The number of nitrogens with zero attached hydrogens (tertiary/aromatic N) is 3. The Bertz CT molecular complexity index is 507. The van der Waals surface area contributed by atoms with Crippen molar-refractivity contribution in [2.75, 3.05) is 18.0 Å². The molecule has 0 unspecified atom stereocenters. The lowest BCUT2D eigenvalue weighted by Crippen LogP contribution is -2.32. The highest BCUT2D eigenvalue weighted by Gasteiger charge is 2.31. The van der Waals surface area contributed by atoms with E-state index in [2.05, 4.69) is 15.0 Å². The van der Waals surface area contributed by atoms with Crippen LogP contribution in [0.25, 0.3) is 0 Å². The molecule has 1 heterocycles. The third kappa shape index (κ3) is 3.03. The molecule has 2 aliphatic rings. The third-order valence-electron chi connectivity index (χ3n) is 4.05. The number of amidine groups is 1. The molecule has 0 aromatic carbocycles. The zero-order chi connectivity index (χ0) is 14.1. The Morgan fingerprint density at radius 1 is 1.30 bits per heavy atom. The van der Waals surface area contributed by atoms with Gasteiger partial charge in [-0.05, 0) is 56.6 Å². The van der Waals surface area contributed by atoms with Gasteiger partial charge < -0.3 is 15.8 Å². The van der Waals surface area contributed by atoms with Gasteiger partial charge in [-0.25, -0.2) is 4.98 Å². The number of anilines is 1. The van der Waals surface area contributed by atoms with E-state index < -0.39 is 0 Å². The van der Waals surface area contributed by atoms with Crippen LogP contribution in [0, 0.1) is 18.8 Å². The molecule has 0 saturated heterocycles. The fourth-order valence-corrected chi connectivity index (χ4v) is 2.51. The molecule has 2 fully saturated rings. The summed E-state index contributed by atoms with van der Waals surface area (Å²) in [7, 11) is 0. The molecule has 2 aliphatic carbocycles. The van der Waals surface area contributed by atoms with Gasteiger partial charge in [0, 0.05) is 18.8 Å². The number of pyridine rings is 1. The Hall–Kier alpha value is -1.78. The van der Waals surface area contributed by atoms with E-state index >= 15 is 0 Å². The summed E-state index contributed by atoms with van der Waals surface area (Å²) in [6, 6.07) is 3.81. The van der Waals surface area contributed by atoms with Crippen LogP contribution in [-0.4, -0.2) is 29.1 Å². The van der Waals surface area contributed by atoms with E-state index in [9.17, 15) is 0 Å². The Kier molecular flexibility index (Phi) is 3.51. The van der Waals surface area contributed by atoms with Crippen LogP contribution in [-0.2, 0) is 0 Å². The standard InChI is InChI=1S/C15H22N4O/c1-10-2-7-13(14(16)18-20)15(17-10)19(8-11-3-4-11)9-12-5-6-12/h2,7,11-12,20H,3-6,8-9H2,1H3,(H2,16,18). The van der Waals surface area contributed by atoms with Crippen molar-refractivity contribution >= 4 is 11.7 Å². The van der Waals surface area contributed by atoms with E-state index in [-0.39, 0.29) is 5.84 Å². The summed E-state index contributed by atoms with van der Waals surface area (Å²) < 4.78 is 0. The molecule has 1 aromatic rings. The van der Waals surface area contributed by atoms with Crippen molar-refractivity contribution in [3.8, 4) is 0 Å². The van der Waals surface area contributed by atoms with E-state index in [1.807, 2.05) is 19.1 Å². The number of rotatable bonds is 6. The van der Waals surface area contributed by atoms with Gasteiger partial charge in [-0.1, -0.05) is 5.16 Å². The molecule has 2 saturated carbocycles. The second-order valence-corrected chi connectivity index (χ2v) is 6.10. The second-order valence-electron chi connectivity index (χ2n) is 6.10. The molecule has 0 bridgehead atoms. The van der Waals surface area contributed by atoms with Gasteiger partial charge in [-0.2, -0.15) is 0 Å². The van der Waals surface area contributed by atoms with Crippen LogP contribution in [0.15, 0.2) is 17.3 Å². The van der Waals surface area contributed by atoms with Crippen molar-refractivity contribution in [1.29, 1.82) is 0 Å². The van der Waals surface area contributed by atoms with E-state index in [0.29, 0.717) is 0 Å². The molecule has 108 valence electrons. The lowest BCUT2D eigenvalue weighted by atomic mass is 10.2. The van der Waals surface area contributed by atoms with E-state index in [4.69, 9.17) is 10.9 Å². The first-order chi connectivity index (χ1) is 9.67. The topological polar surface area (TPSA) is 74.7 Å². The van der Waals surface area contributed by atoms with Crippen molar-refractivity contribution in [2.24, 2.45) is 22.7 Å². The lowest BCUT2D eigenvalue weighted by molar-refractivity contribution is 0.318. The molecular weight excluding hydrogens is 252 g/mol. The summed E-state index contributed by atoms with van der Waals surface area (Å²) in [6.45, 7) is 4.06. The van der Waals surface area contributed by atoms with Crippen LogP contribution in [0.2, 0.25) is 0 Å². The maximum absolute atomic E-state index is 8.97. The molecule has 3 N–H and O–H groups in total. The first-order valence-electron chi connectivity index (χ1n) is 7.38. The Morgan fingerprint density at radius 2 is 1.90 bits per heavy atom. The summed E-state index contributed by atoms with van der Waals surface area (Å²) >= 11 is 0. The summed E-state index contributed by atoms with van der Waals surface area (Å²) in [6.07, 6.45) is 5.25. The second kappa shape index (κ2) is 5.31. The van der Waals surface area contributed by atoms with Crippen LogP contribution in [0.5, 0.6) is 0 Å². The van der Waals surface area contributed by atoms with E-state index in [1.54, 1.807) is 0 Å². The Labute approximate surface area is 119 Å². The predicted molar refractivity (Wildman–Crippen MR) is 79.1 cm³/mol. The summed E-state index contributed by atoms with van der Waals surface area (Å²) in [4.78, 5) is 7.00. The van der Waals surface area contributed by atoms with Crippen molar-refractivity contribution in [1.82, 2.24) is 4.98 Å². The van der Waals surface area contributed by atoms with Gasteiger partial charge in [-0.15, -0.1) is 0 Å². The van der Waals surface area contributed by atoms with Crippen molar-refractivity contribution in [3.63, 3.8) is 0 Å². The van der Waals surface area contributed by atoms with Gasteiger partial charge in [-0.3, -0.25) is 0 Å². The number of oxime groups is 1. The largest absolute Gasteiger partial charge is 0.409 e. The summed E-state index contributed by atoms with van der Waals surface area (Å²) in [5.41, 5.74) is 7.51. The molecular formula is C15H22N4O. The predicted octanol–water partition coefficient (Wildman–Crippen LogP) is 2.11. The van der Waals surface area contributed by atoms with Crippen molar-refractivity contribution in [2.45, 2.75) is 32.6 Å². The zero-order valence-corrected chi connectivity index (χ0v) is 11.9.